The van der Waals surface area contributed by atoms with Gasteiger partial charge in [0.1, 0.15) is 0 Å². The third-order valence-corrected chi connectivity index (χ3v) is 5.03. The second kappa shape index (κ2) is 7.97. The molecule has 2 aliphatic rings. The number of nitrogens with zero attached hydrogens (tertiary/aromatic N) is 1. The standard InChI is InChI=1S/C20H22F3NO4/c1-27-18(25)19(26,20(21,22)23)16-8-7-15(13-14-5-3-2-4-6-14)17(16)24-9-11-28-12-10-24/h2-6,13,26H,7-12H2,1H3/t19-/m0/s1. The Bertz CT molecular complexity index is 782. The van der Waals surface area contributed by atoms with Crippen LogP contribution in [0.2, 0.25) is 0 Å². The lowest BCUT2D eigenvalue weighted by molar-refractivity contribution is -0.249. The summed E-state index contributed by atoms with van der Waals surface area (Å²) in [5.41, 5.74) is -2.30. The summed E-state index contributed by atoms with van der Waals surface area (Å²) < 4.78 is 51.2. The first-order valence-electron chi connectivity index (χ1n) is 8.99. The predicted molar refractivity (Wildman–Crippen MR) is 96.1 cm³/mol. The highest BCUT2D eigenvalue weighted by molar-refractivity contribution is 5.86. The van der Waals surface area contributed by atoms with Gasteiger partial charge in [-0.15, -0.1) is 0 Å². The van der Waals surface area contributed by atoms with E-state index in [4.69, 9.17) is 4.74 Å². The van der Waals surface area contributed by atoms with Crippen LogP contribution in [0.15, 0.2) is 47.2 Å². The first-order valence-corrected chi connectivity index (χ1v) is 8.99. The van der Waals surface area contributed by atoms with E-state index in [0.29, 0.717) is 31.9 Å². The zero-order valence-electron chi connectivity index (χ0n) is 15.5. The number of allylic oxidation sites excluding steroid dienone is 1. The fourth-order valence-corrected chi connectivity index (χ4v) is 3.67. The number of alkyl halides is 3. The second-order valence-electron chi connectivity index (χ2n) is 6.71. The van der Waals surface area contributed by atoms with Gasteiger partial charge < -0.3 is 19.5 Å². The fraction of sp³-hybridized carbons (Fsp3) is 0.450. The molecule has 3 rings (SSSR count). The van der Waals surface area contributed by atoms with E-state index in [0.717, 1.165) is 12.7 Å². The molecule has 0 bridgehead atoms. The number of hydrogen-bond donors (Lipinski definition) is 1. The molecule has 1 fully saturated rings. The van der Waals surface area contributed by atoms with Gasteiger partial charge in [-0.2, -0.15) is 13.2 Å². The van der Waals surface area contributed by atoms with Crippen molar-refractivity contribution in [1.82, 2.24) is 4.90 Å². The Morgan fingerprint density at radius 2 is 1.82 bits per heavy atom. The van der Waals surface area contributed by atoms with E-state index >= 15 is 0 Å². The molecule has 152 valence electrons. The van der Waals surface area contributed by atoms with Crippen molar-refractivity contribution in [1.29, 1.82) is 0 Å². The number of esters is 1. The number of morpholine rings is 1. The summed E-state index contributed by atoms with van der Waals surface area (Å²) in [4.78, 5) is 13.8. The molecule has 0 amide bonds. The number of carbonyl (C=O) groups excluding carboxylic acids is 1. The Labute approximate surface area is 161 Å². The molecule has 1 aromatic carbocycles. The van der Waals surface area contributed by atoms with Crippen LogP contribution in [0.4, 0.5) is 13.2 Å². The molecule has 1 aliphatic heterocycles. The van der Waals surface area contributed by atoms with E-state index < -0.39 is 17.7 Å². The molecule has 1 heterocycles. The summed E-state index contributed by atoms with van der Waals surface area (Å²) in [6.45, 7) is 1.47. The molecule has 0 radical (unpaired) electrons. The van der Waals surface area contributed by atoms with Crippen molar-refractivity contribution in [3.8, 4) is 0 Å². The van der Waals surface area contributed by atoms with E-state index in [9.17, 15) is 23.1 Å². The fourth-order valence-electron chi connectivity index (χ4n) is 3.67. The normalized spacial score (nSPS) is 21.8. The number of aliphatic hydroxyl groups is 1. The Morgan fingerprint density at radius 3 is 2.39 bits per heavy atom. The van der Waals surface area contributed by atoms with Crippen molar-refractivity contribution in [2.75, 3.05) is 33.4 Å². The summed E-state index contributed by atoms with van der Waals surface area (Å²) in [6.07, 6.45) is -3.20. The van der Waals surface area contributed by atoms with Crippen LogP contribution in [0.1, 0.15) is 18.4 Å². The lowest BCUT2D eigenvalue weighted by atomic mass is 9.90. The average Bonchev–Trinajstić information content (AvgIpc) is 3.11. The molecule has 28 heavy (non-hydrogen) atoms. The van der Waals surface area contributed by atoms with Crippen LogP contribution in [0, 0.1) is 0 Å². The highest BCUT2D eigenvalue weighted by Gasteiger charge is 2.64. The van der Waals surface area contributed by atoms with Crippen molar-refractivity contribution in [3.63, 3.8) is 0 Å². The molecule has 5 nitrogen and oxygen atoms in total. The number of halogens is 3. The predicted octanol–water partition coefficient (Wildman–Crippen LogP) is 2.92. The number of benzene rings is 1. The third-order valence-electron chi connectivity index (χ3n) is 5.03. The maximum Gasteiger partial charge on any atom is 0.432 e. The quantitative estimate of drug-likeness (QED) is 0.792. The molecular weight excluding hydrogens is 375 g/mol. The first-order chi connectivity index (χ1) is 13.3. The molecule has 1 aromatic rings. The Hall–Kier alpha value is -2.32. The van der Waals surface area contributed by atoms with E-state index in [1.807, 2.05) is 30.3 Å². The van der Waals surface area contributed by atoms with Gasteiger partial charge in [0.2, 0.25) is 0 Å². The zero-order chi connectivity index (χ0) is 20.4. The number of carbonyl (C=O) groups is 1. The van der Waals surface area contributed by atoms with E-state index in [1.54, 1.807) is 11.0 Å². The van der Waals surface area contributed by atoms with Crippen LogP contribution in [-0.4, -0.2) is 61.2 Å². The highest BCUT2D eigenvalue weighted by Crippen LogP contribution is 2.47. The van der Waals surface area contributed by atoms with Gasteiger partial charge in [-0.25, -0.2) is 4.79 Å². The molecule has 1 atom stereocenters. The number of hydrogen-bond acceptors (Lipinski definition) is 5. The van der Waals surface area contributed by atoms with E-state index in [-0.39, 0.29) is 24.1 Å². The topological polar surface area (TPSA) is 59.0 Å². The summed E-state index contributed by atoms with van der Waals surface area (Å²) in [5.74, 6) is -1.72. The van der Waals surface area contributed by atoms with Crippen molar-refractivity contribution in [2.24, 2.45) is 0 Å². The first kappa shape index (κ1) is 20.4. The molecule has 0 spiro atoms. The zero-order valence-corrected chi connectivity index (χ0v) is 15.5. The minimum absolute atomic E-state index is 0.0868. The summed E-state index contributed by atoms with van der Waals surface area (Å²) in [5, 5.41) is 10.6. The van der Waals surface area contributed by atoms with Gasteiger partial charge in [0.25, 0.3) is 5.60 Å². The average molecular weight is 397 g/mol. The molecule has 1 aliphatic carbocycles. The minimum atomic E-state index is -5.20. The van der Waals surface area contributed by atoms with Gasteiger partial charge in [0.15, 0.2) is 0 Å². The smallest absolute Gasteiger partial charge is 0.432 e. The van der Waals surface area contributed by atoms with Crippen molar-refractivity contribution in [3.05, 3.63) is 52.7 Å². The van der Waals surface area contributed by atoms with Crippen LogP contribution in [0.3, 0.4) is 0 Å². The lowest BCUT2D eigenvalue weighted by Gasteiger charge is -2.35. The van der Waals surface area contributed by atoms with Gasteiger partial charge in [0.05, 0.1) is 20.3 Å². The van der Waals surface area contributed by atoms with E-state index in [1.165, 1.54) is 0 Å². The molecule has 8 heteroatoms. The van der Waals surface area contributed by atoms with Gasteiger partial charge in [0, 0.05) is 24.4 Å². The van der Waals surface area contributed by atoms with Crippen LogP contribution >= 0.6 is 0 Å². The second-order valence-corrected chi connectivity index (χ2v) is 6.71. The van der Waals surface area contributed by atoms with Crippen LogP contribution in [0.25, 0.3) is 6.08 Å². The van der Waals surface area contributed by atoms with E-state index in [2.05, 4.69) is 4.74 Å². The SMILES string of the molecule is COC(=O)[C@@](O)(C1=C(N2CCOCC2)C(=Cc2ccccc2)CC1)C(F)(F)F. The van der Waals surface area contributed by atoms with Crippen LogP contribution < -0.4 is 0 Å². The number of methoxy groups -OCH3 is 1. The van der Waals surface area contributed by atoms with Crippen molar-refractivity contribution < 1.29 is 32.5 Å². The summed E-state index contributed by atoms with van der Waals surface area (Å²) in [6, 6.07) is 9.21. The van der Waals surface area contributed by atoms with Crippen molar-refractivity contribution >= 4 is 12.0 Å². The van der Waals surface area contributed by atoms with Crippen LogP contribution in [0.5, 0.6) is 0 Å². The number of rotatable bonds is 4. The molecule has 0 aromatic heterocycles. The summed E-state index contributed by atoms with van der Waals surface area (Å²) >= 11 is 0. The van der Waals surface area contributed by atoms with Crippen molar-refractivity contribution in [2.45, 2.75) is 24.6 Å². The highest BCUT2D eigenvalue weighted by atomic mass is 19.4. The molecule has 1 N–H and O–H groups in total. The summed E-state index contributed by atoms with van der Waals surface area (Å²) in [7, 11) is 0.837. The van der Waals surface area contributed by atoms with Crippen LogP contribution in [-0.2, 0) is 14.3 Å². The van der Waals surface area contributed by atoms with Gasteiger partial charge in [-0.3, -0.25) is 0 Å². The molecule has 0 saturated carbocycles. The molecular formula is C20H22F3NO4. The lowest BCUT2D eigenvalue weighted by Crippen LogP contribution is -2.55. The molecule has 0 unspecified atom stereocenters. The third kappa shape index (κ3) is 3.66. The molecule has 1 saturated heterocycles. The maximum atomic E-state index is 13.8. The Morgan fingerprint density at radius 1 is 1.18 bits per heavy atom. The largest absolute Gasteiger partial charge is 0.466 e. The monoisotopic (exact) mass is 397 g/mol. The Balaban J connectivity index is 2.16. The minimum Gasteiger partial charge on any atom is -0.466 e. The van der Waals surface area contributed by atoms with Gasteiger partial charge >= 0.3 is 12.1 Å². The Kier molecular flexibility index (Phi) is 5.81. The van der Waals surface area contributed by atoms with Gasteiger partial charge in [-0.05, 0) is 30.1 Å². The van der Waals surface area contributed by atoms with Gasteiger partial charge in [-0.1, -0.05) is 30.3 Å². The maximum absolute atomic E-state index is 13.8. The number of ether oxygens (including phenoxy) is 2.